The minimum atomic E-state index is -1.10. The molecule has 0 spiro atoms. The zero-order valence-electron chi connectivity index (χ0n) is 11.1. The van der Waals surface area contributed by atoms with E-state index >= 15 is 0 Å². The molecule has 3 aromatic rings. The summed E-state index contributed by atoms with van der Waals surface area (Å²) in [6.07, 6.45) is 0. The predicted molar refractivity (Wildman–Crippen MR) is 76.3 cm³/mol. The van der Waals surface area contributed by atoms with Gasteiger partial charge in [0.2, 0.25) is 5.95 Å². The molecule has 2 aromatic heterocycles. The number of ether oxygens (including phenoxy) is 1. The van der Waals surface area contributed by atoms with E-state index in [0.717, 1.165) is 11.1 Å². The van der Waals surface area contributed by atoms with Crippen molar-refractivity contribution in [3.05, 3.63) is 42.1 Å². The van der Waals surface area contributed by atoms with Crippen molar-refractivity contribution in [2.45, 2.75) is 0 Å². The number of carboxylic acid groups (broad SMARTS) is 1. The summed E-state index contributed by atoms with van der Waals surface area (Å²) in [4.78, 5) is 15.3. The molecule has 21 heavy (non-hydrogen) atoms. The summed E-state index contributed by atoms with van der Waals surface area (Å²) in [6, 6.07) is 10.5. The van der Waals surface area contributed by atoms with Crippen molar-refractivity contribution in [2.75, 3.05) is 12.8 Å². The second kappa shape index (κ2) is 4.78. The van der Waals surface area contributed by atoms with Crippen molar-refractivity contribution in [2.24, 2.45) is 0 Å². The highest BCUT2D eigenvalue weighted by Crippen LogP contribution is 2.28. The molecule has 1 aromatic carbocycles. The minimum absolute atomic E-state index is 0.000783. The normalized spacial score (nSPS) is 10.7. The Hall–Kier alpha value is -3.09. The van der Waals surface area contributed by atoms with Crippen LogP contribution in [0.15, 0.2) is 36.4 Å². The van der Waals surface area contributed by atoms with Crippen LogP contribution in [0.2, 0.25) is 0 Å². The first-order valence-corrected chi connectivity index (χ1v) is 6.13. The summed E-state index contributed by atoms with van der Waals surface area (Å²) >= 11 is 0. The van der Waals surface area contributed by atoms with Crippen molar-refractivity contribution < 1.29 is 14.6 Å². The Morgan fingerprint density at radius 1 is 1.33 bits per heavy atom. The molecule has 3 N–H and O–H groups in total. The summed E-state index contributed by atoms with van der Waals surface area (Å²) in [5, 5.41) is 13.1. The average molecular weight is 284 g/mol. The highest BCUT2D eigenvalue weighted by molar-refractivity contribution is 5.89. The third-order valence-electron chi connectivity index (χ3n) is 3.10. The van der Waals surface area contributed by atoms with E-state index < -0.39 is 5.97 Å². The molecule has 0 aliphatic heterocycles. The molecule has 3 rings (SSSR count). The van der Waals surface area contributed by atoms with Crippen LogP contribution in [0, 0.1) is 0 Å². The average Bonchev–Trinajstić information content (AvgIpc) is 2.87. The molecule has 0 saturated carbocycles. The van der Waals surface area contributed by atoms with Crippen LogP contribution in [0.1, 0.15) is 10.5 Å². The quantitative estimate of drug-likeness (QED) is 0.758. The van der Waals surface area contributed by atoms with Crippen molar-refractivity contribution in [3.63, 3.8) is 0 Å². The fraction of sp³-hybridized carbons (Fsp3) is 0.0714. The minimum Gasteiger partial charge on any atom is -0.497 e. The molecule has 2 heterocycles. The number of rotatable bonds is 3. The number of nitrogens with zero attached hydrogens (tertiary/aromatic N) is 3. The van der Waals surface area contributed by atoms with E-state index in [2.05, 4.69) is 10.1 Å². The molecule has 0 aliphatic rings. The molecule has 0 fully saturated rings. The summed E-state index contributed by atoms with van der Waals surface area (Å²) < 4.78 is 6.42. The maximum absolute atomic E-state index is 11.2. The smallest absolute Gasteiger partial charge is 0.354 e. The lowest BCUT2D eigenvalue weighted by molar-refractivity contribution is 0.0687. The molecule has 7 heteroatoms. The number of anilines is 1. The van der Waals surface area contributed by atoms with Crippen LogP contribution in [0.25, 0.3) is 16.8 Å². The highest BCUT2D eigenvalue weighted by atomic mass is 16.5. The van der Waals surface area contributed by atoms with Gasteiger partial charge in [0, 0.05) is 5.56 Å². The van der Waals surface area contributed by atoms with Gasteiger partial charge < -0.3 is 15.6 Å². The Morgan fingerprint density at radius 2 is 2.14 bits per heavy atom. The molecular formula is C14H12N4O3. The van der Waals surface area contributed by atoms with E-state index in [4.69, 9.17) is 10.5 Å². The fourth-order valence-corrected chi connectivity index (χ4v) is 2.16. The Balaban J connectivity index is 2.28. The third-order valence-corrected chi connectivity index (χ3v) is 3.10. The van der Waals surface area contributed by atoms with Crippen LogP contribution in [0.4, 0.5) is 5.95 Å². The van der Waals surface area contributed by atoms with Gasteiger partial charge in [0.1, 0.15) is 5.75 Å². The number of carboxylic acids is 1. The Bertz CT molecular complexity index is 841. The number of hydrogen-bond donors (Lipinski definition) is 2. The van der Waals surface area contributed by atoms with E-state index in [-0.39, 0.29) is 11.6 Å². The first-order valence-electron chi connectivity index (χ1n) is 6.13. The van der Waals surface area contributed by atoms with Crippen molar-refractivity contribution in [1.29, 1.82) is 0 Å². The van der Waals surface area contributed by atoms with Gasteiger partial charge in [0.15, 0.2) is 11.3 Å². The molecular weight excluding hydrogens is 272 g/mol. The SMILES string of the molecule is COc1cccc(-c2ccc(C(=O)O)n3nc(N)nc23)c1. The van der Waals surface area contributed by atoms with Crippen molar-refractivity contribution in [3.8, 4) is 16.9 Å². The van der Waals surface area contributed by atoms with Crippen LogP contribution in [-0.4, -0.2) is 32.8 Å². The zero-order chi connectivity index (χ0) is 15.0. The van der Waals surface area contributed by atoms with E-state index in [9.17, 15) is 9.90 Å². The maximum Gasteiger partial charge on any atom is 0.354 e. The first-order chi connectivity index (χ1) is 10.1. The number of pyridine rings is 1. The maximum atomic E-state index is 11.2. The Kier molecular flexibility index (Phi) is 2.94. The summed E-state index contributed by atoms with van der Waals surface area (Å²) in [6.45, 7) is 0. The second-order valence-electron chi connectivity index (χ2n) is 4.37. The van der Waals surface area contributed by atoms with Crippen molar-refractivity contribution >= 4 is 17.6 Å². The third kappa shape index (κ3) is 2.14. The van der Waals surface area contributed by atoms with Gasteiger partial charge in [-0.15, -0.1) is 5.10 Å². The predicted octanol–water partition coefficient (Wildman–Crippen LogP) is 1.69. The number of methoxy groups -OCH3 is 1. The molecule has 0 bridgehead atoms. The standard InChI is InChI=1S/C14H12N4O3/c1-21-9-4-2-3-8(7-9)10-5-6-11(13(19)20)18-12(10)16-14(15)17-18/h2-7H,1H3,(H2,15,17)(H,19,20). The molecule has 0 radical (unpaired) electrons. The lowest BCUT2D eigenvalue weighted by Crippen LogP contribution is -2.07. The molecule has 7 nitrogen and oxygen atoms in total. The zero-order valence-corrected chi connectivity index (χ0v) is 11.1. The lowest BCUT2D eigenvalue weighted by Gasteiger charge is -2.07. The number of carbonyl (C=O) groups is 1. The largest absolute Gasteiger partial charge is 0.497 e. The number of aromatic nitrogens is 3. The monoisotopic (exact) mass is 284 g/mol. The molecule has 0 unspecified atom stereocenters. The van der Waals surface area contributed by atoms with Gasteiger partial charge in [0.05, 0.1) is 7.11 Å². The summed E-state index contributed by atoms with van der Waals surface area (Å²) in [5.41, 5.74) is 7.55. The number of hydrogen-bond acceptors (Lipinski definition) is 5. The first kappa shape index (κ1) is 12.9. The van der Waals surface area contributed by atoms with Gasteiger partial charge >= 0.3 is 5.97 Å². The Labute approximate surface area is 119 Å². The Morgan fingerprint density at radius 3 is 2.86 bits per heavy atom. The van der Waals surface area contributed by atoms with Gasteiger partial charge in [0.25, 0.3) is 0 Å². The van der Waals surface area contributed by atoms with Gasteiger partial charge in [-0.2, -0.15) is 4.98 Å². The topological polar surface area (TPSA) is 103 Å². The van der Waals surface area contributed by atoms with Gasteiger partial charge in [-0.3, -0.25) is 0 Å². The van der Waals surface area contributed by atoms with Crippen LogP contribution >= 0.6 is 0 Å². The molecule has 0 saturated heterocycles. The van der Waals surface area contributed by atoms with Gasteiger partial charge in [-0.1, -0.05) is 12.1 Å². The fourth-order valence-electron chi connectivity index (χ4n) is 2.16. The number of aromatic carboxylic acids is 1. The number of nitrogen functional groups attached to an aromatic ring is 1. The highest BCUT2D eigenvalue weighted by Gasteiger charge is 2.16. The lowest BCUT2D eigenvalue weighted by atomic mass is 10.1. The van der Waals surface area contributed by atoms with Crippen LogP contribution < -0.4 is 10.5 Å². The number of benzene rings is 1. The van der Waals surface area contributed by atoms with E-state index in [1.165, 1.54) is 10.6 Å². The molecule has 106 valence electrons. The van der Waals surface area contributed by atoms with Crippen LogP contribution in [-0.2, 0) is 0 Å². The van der Waals surface area contributed by atoms with E-state index in [0.29, 0.717) is 11.4 Å². The van der Waals surface area contributed by atoms with Crippen LogP contribution in [0.3, 0.4) is 0 Å². The van der Waals surface area contributed by atoms with Gasteiger partial charge in [-0.25, -0.2) is 9.31 Å². The van der Waals surface area contributed by atoms with Crippen molar-refractivity contribution in [1.82, 2.24) is 14.6 Å². The van der Waals surface area contributed by atoms with Gasteiger partial charge in [-0.05, 0) is 29.8 Å². The second-order valence-corrected chi connectivity index (χ2v) is 4.37. The number of fused-ring (bicyclic) bond motifs is 1. The summed E-state index contributed by atoms with van der Waals surface area (Å²) in [5.74, 6) is -0.379. The molecule has 0 amide bonds. The number of nitrogens with two attached hydrogens (primary N) is 1. The van der Waals surface area contributed by atoms with Crippen LogP contribution in [0.5, 0.6) is 5.75 Å². The van der Waals surface area contributed by atoms with E-state index in [1.807, 2.05) is 24.3 Å². The van der Waals surface area contributed by atoms with E-state index in [1.54, 1.807) is 13.2 Å². The summed E-state index contributed by atoms with van der Waals surface area (Å²) in [7, 11) is 1.58. The molecule has 0 atom stereocenters. The molecule has 0 aliphatic carbocycles.